The maximum atomic E-state index is 10.5. The normalized spacial score (nSPS) is 11.0. The summed E-state index contributed by atoms with van der Waals surface area (Å²) in [5, 5.41) is 5.94. The van der Waals surface area contributed by atoms with E-state index in [0.29, 0.717) is 0 Å². The Morgan fingerprint density at radius 2 is 0.635 bits per heavy atom. The first-order valence-electron chi connectivity index (χ1n) is 16.3. The first-order chi connectivity index (χ1) is 24.4. The fourth-order valence-electron chi connectivity index (χ4n) is 5.05. The Balaban J connectivity index is 0.000000260. The van der Waals surface area contributed by atoms with Crippen LogP contribution in [-0.2, 0) is 40.7 Å². The maximum Gasteiger partial charge on any atom is 0.294 e. The predicted molar refractivity (Wildman–Crippen MR) is 214 cm³/mol. The fourth-order valence-corrected chi connectivity index (χ4v) is 11.0. The van der Waals surface area contributed by atoms with Crippen molar-refractivity contribution in [3.63, 3.8) is 0 Å². The topological polar surface area (TPSA) is 109 Å². The third-order valence-electron chi connectivity index (χ3n) is 7.67. The van der Waals surface area contributed by atoms with Gasteiger partial charge in [0.25, 0.3) is 20.2 Å². The van der Waals surface area contributed by atoms with Crippen LogP contribution in [-0.4, -0.2) is 38.3 Å². The summed E-state index contributed by atoms with van der Waals surface area (Å²) in [6, 6.07) is 56.3. The molecule has 0 radical (unpaired) electrons. The number of rotatable bonds is 10. The molecule has 52 heavy (non-hydrogen) atoms. The Labute approximate surface area is 325 Å². The summed E-state index contributed by atoms with van der Waals surface area (Å²) < 4.78 is 59.1. The number of hydrogen-bond acceptors (Lipinski definition) is 4. The van der Waals surface area contributed by atoms with Crippen LogP contribution in [0.4, 0.5) is 0 Å². The van der Waals surface area contributed by atoms with Crippen molar-refractivity contribution in [2.24, 2.45) is 0 Å². The van der Waals surface area contributed by atoms with Crippen LogP contribution in [0.25, 0.3) is 0 Å². The van der Waals surface area contributed by atoms with E-state index in [1.807, 2.05) is 13.8 Å². The van der Waals surface area contributed by atoms with Crippen LogP contribution in [0.1, 0.15) is 17.5 Å². The standard InChI is InChI=1S/C27H26P2.2C7H8O3S.Pd/c1-5-14-24(15-6-1)28(25-16-7-2-8-17-25)22-13-23-29(26-18-9-3-10-19-26)27-20-11-4-12-21-27;2*1-6-2-4-7(5-3-6)11(8,9)10;/h1-12,14-21H,13,22-23H2;2*2-5H,1H3,(H,8,9,10);. The molecule has 6 nitrogen and oxygen atoms in total. The van der Waals surface area contributed by atoms with Gasteiger partial charge in [0, 0.05) is 20.4 Å². The zero-order chi connectivity index (χ0) is 36.7. The summed E-state index contributed by atoms with van der Waals surface area (Å²) in [4.78, 5) is -0.133. The third-order valence-corrected chi connectivity index (χ3v) is 14.6. The molecule has 274 valence electrons. The van der Waals surface area contributed by atoms with Crippen molar-refractivity contribution in [2.75, 3.05) is 12.3 Å². The van der Waals surface area contributed by atoms with Crippen LogP contribution >= 0.6 is 15.8 Å². The molecule has 6 aromatic rings. The van der Waals surface area contributed by atoms with Gasteiger partial charge in [0.15, 0.2) is 0 Å². The van der Waals surface area contributed by atoms with Crippen LogP contribution < -0.4 is 21.2 Å². The van der Waals surface area contributed by atoms with Crippen molar-refractivity contribution < 1.29 is 46.4 Å². The SMILES string of the molecule is Cc1ccc(S(=O)(=O)O)cc1.Cc1ccc(S(=O)(=O)O)cc1.[Pd].c1ccc(P(CCCP(c2ccccc2)c2ccccc2)c2ccccc2)cc1. The Bertz CT molecular complexity index is 1890. The molecule has 6 aromatic carbocycles. The maximum absolute atomic E-state index is 10.5. The minimum Gasteiger partial charge on any atom is -0.282 e. The minimum absolute atomic E-state index is 0. The molecule has 0 bridgehead atoms. The van der Waals surface area contributed by atoms with Crippen LogP contribution in [0, 0.1) is 13.8 Å². The van der Waals surface area contributed by atoms with E-state index in [4.69, 9.17) is 9.11 Å². The summed E-state index contributed by atoms with van der Waals surface area (Å²) >= 11 is 0. The molecule has 0 fully saturated rings. The molecule has 0 aromatic heterocycles. The van der Waals surface area contributed by atoms with E-state index in [0.717, 1.165) is 11.1 Å². The fraction of sp³-hybridized carbons (Fsp3) is 0.122. The molecule has 0 heterocycles. The zero-order valence-corrected chi connectivity index (χ0v) is 33.8. The van der Waals surface area contributed by atoms with Crippen molar-refractivity contribution in [1.29, 1.82) is 0 Å². The molecular weight excluding hydrogens is 821 g/mol. The molecule has 6 rings (SSSR count). The first-order valence-corrected chi connectivity index (χ1v) is 22.2. The van der Waals surface area contributed by atoms with Gasteiger partial charge in [-0.15, -0.1) is 0 Å². The molecule has 0 saturated carbocycles. The summed E-state index contributed by atoms with van der Waals surface area (Å²) in [7, 11) is -8.66. The van der Waals surface area contributed by atoms with Crippen molar-refractivity contribution in [1.82, 2.24) is 0 Å². The Kier molecular flexibility index (Phi) is 17.7. The van der Waals surface area contributed by atoms with Crippen molar-refractivity contribution in [3.8, 4) is 0 Å². The van der Waals surface area contributed by atoms with Gasteiger partial charge in [-0.25, -0.2) is 0 Å². The smallest absolute Gasteiger partial charge is 0.282 e. The molecule has 0 aliphatic carbocycles. The Morgan fingerprint density at radius 1 is 0.404 bits per heavy atom. The van der Waals surface area contributed by atoms with Gasteiger partial charge in [0.05, 0.1) is 9.79 Å². The summed E-state index contributed by atoms with van der Waals surface area (Å²) in [6.07, 6.45) is 3.72. The Hall–Kier alpha value is -3.34. The van der Waals surface area contributed by atoms with E-state index in [1.54, 1.807) is 24.3 Å². The van der Waals surface area contributed by atoms with Crippen LogP contribution in [0.5, 0.6) is 0 Å². The van der Waals surface area contributed by atoms with E-state index in [1.165, 1.54) is 64.2 Å². The van der Waals surface area contributed by atoms with Crippen molar-refractivity contribution in [3.05, 3.63) is 181 Å². The van der Waals surface area contributed by atoms with Gasteiger partial charge >= 0.3 is 0 Å². The minimum atomic E-state index is -4.02. The molecule has 0 aliphatic heterocycles. The molecule has 0 aliphatic rings. The van der Waals surface area contributed by atoms with E-state index in [-0.39, 0.29) is 46.1 Å². The monoisotopic (exact) mass is 862 g/mol. The van der Waals surface area contributed by atoms with Crippen LogP contribution in [0.15, 0.2) is 180 Å². The number of benzene rings is 6. The van der Waals surface area contributed by atoms with Gasteiger partial charge in [-0.2, -0.15) is 16.8 Å². The molecule has 11 heteroatoms. The van der Waals surface area contributed by atoms with E-state index < -0.39 is 20.2 Å². The quantitative estimate of drug-likeness (QED) is 0.0819. The molecule has 0 saturated heterocycles. The number of aryl methyl sites for hydroxylation is 2. The van der Waals surface area contributed by atoms with Gasteiger partial charge < -0.3 is 0 Å². The van der Waals surface area contributed by atoms with Crippen LogP contribution in [0.3, 0.4) is 0 Å². The van der Waals surface area contributed by atoms with Gasteiger partial charge in [0.2, 0.25) is 0 Å². The zero-order valence-electron chi connectivity index (χ0n) is 28.8. The molecule has 0 unspecified atom stereocenters. The second kappa shape index (κ2) is 21.4. The second-order valence-corrected chi connectivity index (χ2v) is 19.1. The Morgan fingerprint density at radius 3 is 0.846 bits per heavy atom. The average molecular weight is 863 g/mol. The molecule has 0 spiro atoms. The van der Waals surface area contributed by atoms with E-state index >= 15 is 0 Å². The van der Waals surface area contributed by atoms with Crippen LogP contribution in [0.2, 0.25) is 0 Å². The molecular formula is C41H42O6P2PdS2. The first kappa shape index (κ1) is 43.1. The van der Waals surface area contributed by atoms with Gasteiger partial charge in [-0.05, 0) is 93.9 Å². The summed E-state index contributed by atoms with van der Waals surface area (Å²) in [5.74, 6) is 0. The van der Waals surface area contributed by atoms with Gasteiger partial charge in [-0.3, -0.25) is 9.11 Å². The third kappa shape index (κ3) is 14.2. The molecule has 0 atom stereocenters. The average Bonchev–Trinajstić information content (AvgIpc) is 3.13. The number of hydrogen-bond donors (Lipinski definition) is 2. The van der Waals surface area contributed by atoms with Crippen molar-refractivity contribution in [2.45, 2.75) is 30.1 Å². The molecule has 2 N–H and O–H groups in total. The summed E-state index contributed by atoms with van der Waals surface area (Å²) in [6.45, 7) is 3.68. The van der Waals surface area contributed by atoms with E-state index in [2.05, 4.69) is 121 Å². The second-order valence-electron chi connectivity index (χ2n) is 11.6. The predicted octanol–water partition coefficient (Wildman–Crippen LogP) is 8.12. The van der Waals surface area contributed by atoms with Crippen molar-refractivity contribution >= 4 is 57.3 Å². The van der Waals surface area contributed by atoms with Gasteiger partial charge in [-0.1, -0.05) is 157 Å². The summed E-state index contributed by atoms with van der Waals surface area (Å²) in [5.41, 5.74) is 1.91. The largest absolute Gasteiger partial charge is 0.294 e. The van der Waals surface area contributed by atoms with Gasteiger partial charge in [0.1, 0.15) is 0 Å². The van der Waals surface area contributed by atoms with E-state index in [9.17, 15) is 16.8 Å². The molecule has 0 amide bonds.